The van der Waals surface area contributed by atoms with Gasteiger partial charge >= 0.3 is 11.9 Å². The first kappa shape index (κ1) is 16.5. The summed E-state index contributed by atoms with van der Waals surface area (Å²) in [6.07, 6.45) is 4.54. The fourth-order valence-electron chi connectivity index (χ4n) is 1.20. The van der Waals surface area contributed by atoms with Crippen LogP contribution in [0.2, 0.25) is 5.15 Å². The summed E-state index contributed by atoms with van der Waals surface area (Å²) in [5, 5.41) is 30.1. The van der Waals surface area contributed by atoms with Gasteiger partial charge in [-0.05, 0) is 31.3 Å². The summed E-state index contributed by atoms with van der Waals surface area (Å²) >= 11 is 5.35. The van der Waals surface area contributed by atoms with Crippen molar-refractivity contribution in [2.45, 2.75) is 5.66 Å². The van der Waals surface area contributed by atoms with Crippen molar-refractivity contribution in [1.29, 1.82) is 0 Å². The zero-order chi connectivity index (χ0) is 15.9. The molecular formula is C11H12ClN5O4. The number of hydrogen-bond acceptors (Lipinski definition) is 7. The van der Waals surface area contributed by atoms with Crippen molar-refractivity contribution < 1.29 is 19.8 Å². The number of allylic oxidation sites excluding steroid dienone is 1. The number of halogens is 1. The molecule has 0 aromatic carbocycles. The molecule has 9 nitrogen and oxygen atoms in total. The highest BCUT2D eigenvalue weighted by molar-refractivity contribution is 6.29. The Morgan fingerprint density at radius 3 is 2.38 bits per heavy atom. The third kappa shape index (κ3) is 4.51. The number of carboxylic acid groups (broad SMARTS) is 2. The number of nitrogens with one attached hydrogen (secondary N) is 2. The van der Waals surface area contributed by atoms with E-state index in [0.717, 1.165) is 0 Å². The summed E-state index contributed by atoms with van der Waals surface area (Å²) in [5.41, 5.74) is 1.11. The first-order chi connectivity index (χ1) is 9.91. The Morgan fingerprint density at radius 1 is 1.33 bits per heavy atom. The minimum Gasteiger partial charge on any atom is -0.478 e. The quantitative estimate of drug-likeness (QED) is 0.610. The third-order valence-electron chi connectivity index (χ3n) is 2.33. The summed E-state index contributed by atoms with van der Waals surface area (Å²) in [6.45, 7) is 0. The molecule has 1 aliphatic heterocycles. The Labute approximate surface area is 124 Å². The fraction of sp³-hybridized carbons (Fsp3) is 0.182. The van der Waals surface area contributed by atoms with E-state index in [9.17, 15) is 9.59 Å². The van der Waals surface area contributed by atoms with Crippen LogP contribution in [0, 0.1) is 0 Å². The molecule has 2 heterocycles. The lowest BCUT2D eigenvalue weighted by atomic mass is 10.1. The largest absolute Gasteiger partial charge is 0.478 e. The van der Waals surface area contributed by atoms with Gasteiger partial charge in [0.2, 0.25) is 5.66 Å². The van der Waals surface area contributed by atoms with E-state index >= 15 is 0 Å². The number of likely N-dealkylation sites (N-methyl/N-ethyl adjacent to an activating group) is 1. The SMILES string of the molecule is CNC1(C(=O)O)C=CC=NN1.O=C(O)c1ccc(Cl)nn1. The molecule has 1 aromatic rings. The van der Waals surface area contributed by atoms with Crippen LogP contribution in [0.15, 0.2) is 29.4 Å². The molecule has 2 rings (SSSR count). The average Bonchev–Trinajstić information content (AvgIpc) is 2.49. The minimum absolute atomic E-state index is 0.107. The smallest absolute Gasteiger partial charge is 0.356 e. The number of aromatic nitrogens is 2. The fourth-order valence-corrected chi connectivity index (χ4v) is 1.30. The summed E-state index contributed by atoms with van der Waals surface area (Å²) < 4.78 is 0. The molecular weight excluding hydrogens is 302 g/mol. The van der Waals surface area contributed by atoms with E-state index in [2.05, 4.69) is 26.0 Å². The number of hydrazone groups is 1. The Bertz CT molecular complexity index is 574. The minimum atomic E-state index is -1.24. The van der Waals surface area contributed by atoms with E-state index in [1.54, 1.807) is 13.1 Å². The van der Waals surface area contributed by atoms with Gasteiger partial charge in [0.25, 0.3) is 0 Å². The molecule has 1 unspecified atom stereocenters. The van der Waals surface area contributed by atoms with Crippen LogP contribution < -0.4 is 10.7 Å². The monoisotopic (exact) mass is 313 g/mol. The molecule has 0 saturated carbocycles. The number of aromatic carboxylic acids is 1. The lowest BCUT2D eigenvalue weighted by Gasteiger charge is -2.26. The molecule has 0 radical (unpaired) electrons. The second-order valence-electron chi connectivity index (χ2n) is 3.66. The second kappa shape index (κ2) is 7.31. The lowest BCUT2D eigenvalue weighted by Crippen LogP contribution is -2.58. The lowest BCUT2D eigenvalue weighted by molar-refractivity contribution is -0.143. The van der Waals surface area contributed by atoms with E-state index in [-0.39, 0.29) is 10.8 Å². The van der Waals surface area contributed by atoms with Crippen LogP contribution in [0.3, 0.4) is 0 Å². The van der Waals surface area contributed by atoms with Crippen molar-refractivity contribution in [3.63, 3.8) is 0 Å². The van der Waals surface area contributed by atoms with Gasteiger partial charge in [-0.25, -0.2) is 9.59 Å². The maximum absolute atomic E-state index is 10.7. The van der Waals surface area contributed by atoms with Gasteiger partial charge in [-0.3, -0.25) is 10.7 Å². The Kier molecular flexibility index (Phi) is 5.76. The van der Waals surface area contributed by atoms with Crippen molar-refractivity contribution in [3.05, 3.63) is 35.1 Å². The number of hydrogen-bond donors (Lipinski definition) is 4. The maximum atomic E-state index is 10.7. The average molecular weight is 314 g/mol. The van der Waals surface area contributed by atoms with Crippen LogP contribution >= 0.6 is 11.6 Å². The van der Waals surface area contributed by atoms with Crippen LogP contribution in [-0.2, 0) is 4.79 Å². The van der Waals surface area contributed by atoms with Crippen molar-refractivity contribution in [1.82, 2.24) is 20.9 Å². The van der Waals surface area contributed by atoms with Gasteiger partial charge in [0, 0.05) is 6.21 Å². The standard InChI is InChI=1S/C6H9N3O2.C5H3ClN2O2/c1-7-6(5(10)11)3-2-4-8-9-6;6-4-2-1-3(5(9)10)7-8-4/h2-4,7,9H,1H3,(H,10,11);1-2H,(H,9,10). The summed E-state index contributed by atoms with van der Waals surface area (Å²) in [4.78, 5) is 20.8. The maximum Gasteiger partial charge on any atom is 0.356 e. The number of carbonyl (C=O) groups is 2. The Balaban J connectivity index is 0.000000211. The molecule has 0 saturated heterocycles. The molecule has 0 bridgehead atoms. The van der Waals surface area contributed by atoms with E-state index in [1.165, 1.54) is 24.4 Å². The van der Waals surface area contributed by atoms with Gasteiger partial charge in [0.15, 0.2) is 10.8 Å². The Morgan fingerprint density at radius 2 is 2.05 bits per heavy atom. The van der Waals surface area contributed by atoms with E-state index in [1.807, 2.05) is 0 Å². The molecule has 1 aromatic heterocycles. The first-order valence-electron chi connectivity index (χ1n) is 5.54. The Hall–Kier alpha value is -2.52. The zero-order valence-corrected chi connectivity index (χ0v) is 11.6. The van der Waals surface area contributed by atoms with Crippen molar-refractivity contribution >= 4 is 29.8 Å². The van der Waals surface area contributed by atoms with Crippen molar-refractivity contribution in [2.75, 3.05) is 7.05 Å². The van der Waals surface area contributed by atoms with Crippen LogP contribution in [0.4, 0.5) is 0 Å². The normalized spacial score (nSPS) is 19.1. The van der Waals surface area contributed by atoms with E-state index in [4.69, 9.17) is 21.8 Å². The first-order valence-corrected chi connectivity index (χ1v) is 5.92. The third-order valence-corrected chi connectivity index (χ3v) is 2.53. The predicted molar refractivity (Wildman–Crippen MR) is 74.2 cm³/mol. The summed E-state index contributed by atoms with van der Waals surface area (Å²) in [5.74, 6) is -2.11. The van der Waals surface area contributed by atoms with Crippen LogP contribution in [0.25, 0.3) is 0 Å². The number of rotatable bonds is 3. The highest BCUT2D eigenvalue weighted by Crippen LogP contribution is 2.04. The van der Waals surface area contributed by atoms with Crippen LogP contribution in [0.5, 0.6) is 0 Å². The summed E-state index contributed by atoms with van der Waals surface area (Å²) in [6, 6.07) is 2.66. The number of aliphatic carboxylic acids is 1. The molecule has 4 N–H and O–H groups in total. The molecule has 0 amide bonds. The van der Waals surface area contributed by atoms with Gasteiger partial charge in [0.05, 0.1) is 0 Å². The van der Waals surface area contributed by atoms with Crippen molar-refractivity contribution in [3.8, 4) is 0 Å². The van der Waals surface area contributed by atoms with Crippen LogP contribution in [0.1, 0.15) is 10.5 Å². The van der Waals surface area contributed by atoms with Gasteiger partial charge in [-0.1, -0.05) is 11.6 Å². The zero-order valence-electron chi connectivity index (χ0n) is 10.8. The molecule has 112 valence electrons. The molecule has 0 fully saturated rings. The molecule has 0 spiro atoms. The molecule has 10 heteroatoms. The van der Waals surface area contributed by atoms with E-state index in [0.29, 0.717) is 0 Å². The van der Waals surface area contributed by atoms with Gasteiger partial charge in [-0.2, -0.15) is 5.10 Å². The molecule has 21 heavy (non-hydrogen) atoms. The topological polar surface area (TPSA) is 137 Å². The predicted octanol–water partition coefficient (Wildman–Crippen LogP) is -0.0399. The number of nitrogens with zero attached hydrogens (tertiary/aromatic N) is 3. The van der Waals surface area contributed by atoms with Gasteiger partial charge in [0.1, 0.15) is 0 Å². The second-order valence-corrected chi connectivity index (χ2v) is 4.05. The highest BCUT2D eigenvalue weighted by atomic mass is 35.5. The van der Waals surface area contributed by atoms with E-state index < -0.39 is 17.6 Å². The van der Waals surface area contributed by atoms with Crippen molar-refractivity contribution in [2.24, 2.45) is 5.10 Å². The highest BCUT2D eigenvalue weighted by Gasteiger charge is 2.34. The summed E-state index contributed by atoms with van der Waals surface area (Å²) in [7, 11) is 1.55. The number of carboxylic acids is 2. The van der Waals surface area contributed by atoms with Gasteiger partial charge in [-0.15, -0.1) is 10.2 Å². The van der Waals surface area contributed by atoms with Crippen LogP contribution in [-0.4, -0.2) is 51.3 Å². The van der Waals surface area contributed by atoms with Gasteiger partial charge < -0.3 is 10.2 Å². The molecule has 1 atom stereocenters. The molecule has 0 aliphatic carbocycles. The molecule has 1 aliphatic rings.